The number of Topliss-reactive ketones (excluding diaryl/α,β-unsaturated/α-hetero) is 1. The number of nitrogens with two attached hydrogens (primary N) is 1. The van der Waals surface area contributed by atoms with Gasteiger partial charge in [0.1, 0.15) is 5.00 Å². The van der Waals surface area contributed by atoms with Crippen molar-refractivity contribution >= 4 is 39.6 Å². The molecule has 19 heavy (non-hydrogen) atoms. The number of nitrogen functional groups attached to an aromatic ring is 1. The highest BCUT2D eigenvalue weighted by molar-refractivity contribution is 7.99. The fourth-order valence-corrected chi connectivity index (χ4v) is 4.42. The van der Waals surface area contributed by atoms with Crippen molar-refractivity contribution < 1.29 is 9.53 Å². The molecule has 106 valence electrons. The van der Waals surface area contributed by atoms with Crippen molar-refractivity contribution in [3.05, 3.63) is 4.88 Å². The zero-order valence-corrected chi connectivity index (χ0v) is 13.2. The molecule has 1 aliphatic heterocycles. The summed E-state index contributed by atoms with van der Waals surface area (Å²) in [7, 11) is 0. The third-order valence-corrected chi connectivity index (χ3v) is 5.45. The van der Waals surface area contributed by atoms with Crippen molar-refractivity contribution in [2.24, 2.45) is 0 Å². The van der Waals surface area contributed by atoms with E-state index in [4.69, 9.17) is 10.5 Å². The first-order chi connectivity index (χ1) is 9.08. The van der Waals surface area contributed by atoms with Crippen LogP contribution in [0, 0.1) is 0 Å². The Kier molecular flexibility index (Phi) is 4.76. The van der Waals surface area contributed by atoms with E-state index in [1.807, 2.05) is 13.2 Å². The van der Waals surface area contributed by atoms with Crippen LogP contribution in [-0.2, 0) is 4.74 Å². The Morgan fingerprint density at radius 3 is 2.95 bits per heavy atom. The van der Waals surface area contributed by atoms with E-state index in [0.29, 0.717) is 17.0 Å². The Morgan fingerprint density at radius 2 is 2.37 bits per heavy atom. The predicted molar refractivity (Wildman–Crippen MR) is 82.8 cm³/mol. The molecule has 4 nitrogen and oxygen atoms in total. The number of ketones is 1. The van der Waals surface area contributed by atoms with E-state index < -0.39 is 0 Å². The highest BCUT2D eigenvalue weighted by atomic mass is 32.2. The molecular formula is C13H20N2O2S2. The molecule has 0 bridgehead atoms. The first kappa shape index (κ1) is 14.7. The first-order valence-corrected chi connectivity index (χ1v) is 8.48. The number of carbonyl (C=O) groups excluding carboxylic acids is 1. The van der Waals surface area contributed by atoms with E-state index in [1.54, 1.807) is 11.8 Å². The third-order valence-electron chi connectivity index (χ3n) is 3.19. The summed E-state index contributed by atoms with van der Waals surface area (Å²) < 4.78 is 5.57. The summed E-state index contributed by atoms with van der Waals surface area (Å²) in [6, 6.07) is 0. The van der Waals surface area contributed by atoms with Gasteiger partial charge < -0.3 is 15.4 Å². The van der Waals surface area contributed by atoms with Crippen LogP contribution in [0.3, 0.4) is 0 Å². The Morgan fingerprint density at radius 1 is 1.63 bits per heavy atom. The molecule has 2 heterocycles. The molecule has 6 heteroatoms. The molecule has 0 aliphatic carbocycles. The lowest BCUT2D eigenvalue weighted by atomic mass is 10.2. The molecule has 0 radical (unpaired) electrons. The van der Waals surface area contributed by atoms with Gasteiger partial charge in [0.25, 0.3) is 0 Å². The minimum absolute atomic E-state index is 0.130. The van der Waals surface area contributed by atoms with E-state index in [1.165, 1.54) is 11.3 Å². The standard InChI is InChI=1S/C13H20N2O2S2/c1-4-9(16)11-10(14)12(18-3)13(19-11)15-5-6-17-8(2)7-15/h8H,4-7,14H2,1-3H3. The molecule has 0 saturated carbocycles. The minimum atomic E-state index is 0.130. The van der Waals surface area contributed by atoms with Gasteiger partial charge in [0.05, 0.1) is 28.2 Å². The van der Waals surface area contributed by atoms with Crippen LogP contribution in [-0.4, -0.2) is 37.8 Å². The number of thiophene rings is 1. The predicted octanol–water partition coefficient (Wildman–Crippen LogP) is 2.87. The highest BCUT2D eigenvalue weighted by Gasteiger charge is 2.26. The van der Waals surface area contributed by atoms with Crippen molar-refractivity contribution in [2.75, 3.05) is 36.6 Å². The van der Waals surface area contributed by atoms with Crippen molar-refractivity contribution in [1.29, 1.82) is 0 Å². The second-order valence-electron chi connectivity index (χ2n) is 4.59. The molecular weight excluding hydrogens is 280 g/mol. The van der Waals surface area contributed by atoms with E-state index in [9.17, 15) is 4.79 Å². The normalized spacial score (nSPS) is 19.7. The van der Waals surface area contributed by atoms with Crippen molar-refractivity contribution in [2.45, 2.75) is 31.3 Å². The molecule has 1 saturated heterocycles. The van der Waals surface area contributed by atoms with E-state index in [-0.39, 0.29) is 11.9 Å². The topological polar surface area (TPSA) is 55.6 Å². The lowest BCUT2D eigenvalue weighted by molar-refractivity contribution is 0.0533. The summed E-state index contributed by atoms with van der Waals surface area (Å²) in [6.45, 7) is 6.38. The number of hydrogen-bond donors (Lipinski definition) is 1. The first-order valence-electron chi connectivity index (χ1n) is 6.44. The van der Waals surface area contributed by atoms with Gasteiger partial charge in [-0.05, 0) is 13.2 Å². The quantitative estimate of drug-likeness (QED) is 0.684. The van der Waals surface area contributed by atoms with Gasteiger partial charge in [0.15, 0.2) is 5.78 Å². The molecule has 1 atom stereocenters. The molecule has 0 aromatic carbocycles. The molecule has 1 aliphatic rings. The van der Waals surface area contributed by atoms with Crippen LogP contribution >= 0.6 is 23.1 Å². The van der Waals surface area contributed by atoms with Gasteiger partial charge in [0, 0.05) is 19.5 Å². The van der Waals surface area contributed by atoms with Gasteiger partial charge >= 0.3 is 0 Å². The maximum Gasteiger partial charge on any atom is 0.174 e. The van der Waals surface area contributed by atoms with Crippen molar-refractivity contribution in [3.8, 4) is 0 Å². The molecule has 1 unspecified atom stereocenters. The Hall–Kier alpha value is -0.720. The van der Waals surface area contributed by atoms with Crippen LogP contribution in [0.4, 0.5) is 10.7 Å². The number of hydrogen-bond acceptors (Lipinski definition) is 6. The number of nitrogens with zero attached hydrogens (tertiary/aromatic N) is 1. The van der Waals surface area contributed by atoms with Gasteiger partial charge in [-0.2, -0.15) is 0 Å². The molecule has 1 fully saturated rings. The van der Waals surface area contributed by atoms with Crippen molar-refractivity contribution in [3.63, 3.8) is 0 Å². The smallest absolute Gasteiger partial charge is 0.174 e. The average molecular weight is 300 g/mol. The summed E-state index contributed by atoms with van der Waals surface area (Å²) in [5, 5.41) is 1.12. The minimum Gasteiger partial charge on any atom is -0.396 e. The van der Waals surface area contributed by atoms with Gasteiger partial charge in [0.2, 0.25) is 0 Å². The number of carbonyl (C=O) groups is 1. The van der Waals surface area contributed by atoms with Crippen LogP contribution < -0.4 is 10.6 Å². The zero-order chi connectivity index (χ0) is 14.0. The Bertz CT molecular complexity index is 473. The Balaban J connectivity index is 2.36. The maximum atomic E-state index is 11.9. The van der Waals surface area contributed by atoms with E-state index in [0.717, 1.165) is 29.6 Å². The van der Waals surface area contributed by atoms with Crippen molar-refractivity contribution in [1.82, 2.24) is 0 Å². The number of anilines is 2. The van der Waals surface area contributed by atoms with Gasteiger partial charge in [-0.25, -0.2) is 0 Å². The zero-order valence-electron chi connectivity index (χ0n) is 11.6. The second kappa shape index (κ2) is 6.15. The summed E-state index contributed by atoms with van der Waals surface area (Å²) in [5.41, 5.74) is 6.79. The molecule has 1 aromatic rings. The van der Waals surface area contributed by atoms with Crippen LogP contribution in [0.2, 0.25) is 0 Å². The molecule has 0 spiro atoms. The summed E-state index contributed by atoms with van der Waals surface area (Å²) in [5.74, 6) is 0.130. The summed E-state index contributed by atoms with van der Waals surface area (Å²) in [6.07, 6.45) is 2.72. The summed E-state index contributed by atoms with van der Waals surface area (Å²) >= 11 is 3.14. The lowest BCUT2D eigenvalue weighted by Crippen LogP contribution is -2.40. The molecule has 2 N–H and O–H groups in total. The van der Waals surface area contributed by atoms with Gasteiger partial charge in [-0.3, -0.25) is 4.79 Å². The van der Waals surface area contributed by atoms with Gasteiger partial charge in [-0.1, -0.05) is 6.92 Å². The van der Waals surface area contributed by atoms with Crippen LogP contribution in [0.5, 0.6) is 0 Å². The monoisotopic (exact) mass is 300 g/mol. The maximum absolute atomic E-state index is 11.9. The van der Waals surface area contributed by atoms with Gasteiger partial charge in [-0.15, -0.1) is 23.1 Å². The number of ether oxygens (including phenoxy) is 1. The number of rotatable bonds is 4. The van der Waals surface area contributed by atoms with E-state index in [2.05, 4.69) is 11.8 Å². The van der Waals surface area contributed by atoms with Crippen LogP contribution in [0.25, 0.3) is 0 Å². The fourth-order valence-electron chi connectivity index (χ4n) is 2.19. The molecule has 2 rings (SSSR count). The number of morpholine rings is 1. The second-order valence-corrected chi connectivity index (χ2v) is 6.40. The molecule has 1 aromatic heterocycles. The van der Waals surface area contributed by atoms with E-state index >= 15 is 0 Å². The fraction of sp³-hybridized carbons (Fsp3) is 0.615. The third kappa shape index (κ3) is 2.90. The van der Waals surface area contributed by atoms with Crippen LogP contribution in [0.15, 0.2) is 4.90 Å². The average Bonchev–Trinajstić information content (AvgIpc) is 2.75. The molecule has 0 amide bonds. The summed E-state index contributed by atoms with van der Waals surface area (Å²) in [4.78, 5) is 16.0. The lowest BCUT2D eigenvalue weighted by Gasteiger charge is -2.32. The van der Waals surface area contributed by atoms with Crippen LogP contribution in [0.1, 0.15) is 29.9 Å². The SMILES string of the molecule is CCC(=O)c1sc(N2CCOC(C)C2)c(SC)c1N. The Labute approximate surface area is 122 Å². The number of thioether (sulfide) groups is 1. The largest absolute Gasteiger partial charge is 0.396 e. The highest BCUT2D eigenvalue weighted by Crippen LogP contribution is 2.44.